The molecule has 2 aliphatic rings. The number of nitrogens with zero attached hydrogens (tertiary/aromatic N) is 1. The van der Waals surface area contributed by atoms with E-state index in [9.17, 15) is 22.8 Å². The van der Waals surface area contributed by atoms with E-state index >= 15 is 0 Å². The fourth-order valence-electron chi connectivity index (χ4n) is 3.64. The first-order chi connectivity index (χ1) is 13.2. The van der Waals surface area contributed by atoms with Crippen molar-refractivity contribution in [2.45, 2.75) is 45.3 Å². The smallest absolute Gasteiger partial charge is 0.338 e. The van der Waals surface area contributed by atoms with Gasteiger partial charge in [0.15, 0.2) is 15.9 Å². The zero-order valence-corrected chi connectivity index (χ0v) is 16.8. The number of benzene rings is 1. The Morgan fingerprint density at radius 1 is 1.32 bits per heavy atom. The van der Waals surface area contributed by atoms with Crippen LogP contribution in [0, 0.1) is 0 Å². The normalized spacial score (nSPS) is 21.4. The molecule has 152 valence electrons. The van der Waals surface area contributed by atoms with Crippen molar-refractivity contribution < 1.29 is 27.5 Å². The molecule has 2 unspecified atom stereocenters. The average molecular weight is 408 g/mol. The third-order valence-corrected chi connectivity index (χ3v) is 6.89. The van der Waals surface area contributed by atoms with Gasteiger partial charge in [0.1, 0.15) is 0 Å². The first kappa shape index (κ1) is 20.3. The van der Waals surface area contributed by atoms with Crippen LogP contribution in [-0.4, -0.2) is 61.3 Å². The summed E-state index contributed by atoms with van der Waals surface area (Å²) < 4.78 is 28.7. The molecule has 1 N–H and O–H groups in total. The predicted octanol–water partition coefficient (Wildman–Crippen LogP) is 1.15. The highest BCUT2D eigenvalue weighted by molar-refractivity contribution is 7.91. The summed E-state index contributed by atoms with van der Waals surface area (Å²) in [5.74, 6) is -1.07. The first-order valence-corrected chi connectivity index (χ1v) is 11.2. The minimum atomic E-state index is -3.12. The predicted molar refractivity (Wildman–Crippen MR) is 103 cm³/mol. The second kappa shape index (κ2) is 7.90. The fraction of sp³-hybridized carbons (Fsp3) is 0.526. The lowest BCUT2D eigenvalue weighted by Gasteiger charge is -2.29. The molecule has 0 spiro atoms. The Morgan fingerprint density at radius 3 is 2.71 bits per heavy atom. The fourth-order valence-corrected chi connectivity index (χ4v) is 5.37. The summed E-state index contributed by atoms with van der Waals surface area (Å²) in [6.45, 7) is 3.61. The Labute approximate surface area is 164 Å². The molecule has 0 aliphatic carbocycles. The van der Waals surface area contributed by atoms with Gasteiger partial charge in [0.05, 0.1) is 17.1 Å². The van der Waals surface area contributed by atoms with Gasteiger partial charge < -0.3 is 15.0 Å². The molecule has 0 bridgehead atoms. The minimum Gasteiger partial charge on any atom is -0.449 e. The molecule has 0 aromatic heterocycles. The van der Waals surface area contributed by atoms with Gasteiger partial charge in [0.2, 0.25) is 5.91 Å². The first-order valence-electron chi connectivity index (χ1n) is 9.35. The SMILES string of the molecule is CCN(C(=O)C(C)OC(=O)c1ccc2c(c1)CCC(=O)N2)C1CCS(=O)(=O)C1. The van der Waals surface area contributed by atoms with Crippen molar-refractivity contribution in [3.63, 3.8) is 0 Å². The number of hydrogen-bond acceptors (Lipinski definition) is 6. The highest BCUT2D eigenvalue weighted by Crippen LogP contribution is 2.24. The van der Waals surface area contributed by atoms with Gasteiger partial charge >= 0.3 is 5.97 Å². The molecule has 1 fully saturated rings. The van der Waals surface area contributed by atoms with Crippen molar-refractivity contribution in [1.82, 2.24) is 4.90 Å². The molecular weight excluding hydrogens is 384 g/mol. The second-order valence-corrected chi connectivity index (χ2v) is 9.38. The molecule has 2 amide bonds. The van der Waals surface area contributed by atoms with E-state index in [1.807, 2.05) is 0 Å². The Morgan fingerprint density at radius 2 is 2.07 bits per heavy atom. The third-order valence-electron chi connectivity index (χ3n) is 5.14. The van der Waals surface area contributed by atoms with Crippen LogP contribution in [0.25, 0.3) is 0 Å². The number of amides is 2. The number of fused-ring (bicyclic) bond motifs is 1. The van der Waals surface area contributed by atoms with Crippen LogP contribution in [0.3, 0.4) is 0 Å². The molecule has 0 radical (unpaired) electrons. The molecule has 1 aromatic rings. The molecule has 1 aromatic carbocycles. The van der Waals surface area contributed by atoms with Gasteiger partial charge in [-0.3, -0.25) is 9.59 Å². The summed E-state index contributed by atoms with van der Waals surface area (Å²) in [7, 11) is -3.12. The highest BCUT2D eigenvalue weighted by Gasteiger charge is 2.36. The maximum Gasteiger partial charge on any atom is 0.338 e. The molecule has 28 heavy (non-hydrogen) atoms. The zero-order chi connectivity index (χ0) is 20.5. The topological polar surface area (TPSA) is 110 Å². The summed E-state index contributed by atoms with van der Waals surface area (Å²) in [4.78, 5) is 38.1. The van der Waals surface area contributed by atoms with Gasteiger partial charge in [0.25, 0.3) is 5.91 Å². The summed E-state index contributed by atoms with van der Waals surface area (Å²) in [5.41, 5.74) is 1.83. The highest BCUT2D eigenvalue weighted by atomic mass is 32.2. The van der Waals surface area contributed by atoms with Crippen molar-refractivity contribution in [3.8, 4) is 0 Å². The monoisotopic (exact) mass is 408 g/mol. The van der Waals surface area contributed by atoms with Gasteiger partial charge in [-0.05, 0) is 50.5 Å². The van der Waals surface area contributed by atoms with E-state index in [1.54, 1.807) is 25.1 Å². The number of sulfone groups is 1. The van der Waals surface area contributed by atoms with Gasteiger partial charge in [0, 0.05) is 24.7 Å². The van der Waals surface area contributed by atoms with Crippen molar-refractivity contribution in [2.24, 2.45) is 0 Å². The number of rotatable bonds is 5. The van der Waals surface area contributed by atoms with E-state index in [0.717, 1.165) is 5.56 Å². The molecule has 9 heteroatoms. The minimum absolute atomic E-state index is 0.0518. The summed E-state index contributed by atoms with van der Waals surface area (Å²) in [5, 5.41) is 2.74. The van der Waals surface area contributed by atoms with E-state index in [0.29, 0.717) is 37.1 Å². The molecule has 3 rings (SSSR count). The van der Waals surface area contributed by atoms with Crippen molar-refractivity contribution >= 4 is 33.3 Å². The molecule has 2 heterocycles. The van der Waals surface area contributed by atoms with E-state index in [4.69, 9.17) is 4.74 Å². The number of hydrogen-bond donors (Lipinski definition) is 1. The Bertz CT molecular complexity index is 911. The van der Waals surface area contributed by atoms with Crippen LogP contribution in [0.2, 0.25) is 0 Å². The van der Waals surface area contributed by atoms with Gasteiger partial charge in [-0.2, -0.15) is 0 Å². The lowest BCUT2D eigenvalue weighted by molar-refractivity contribution is -0.141. The Kier molecular flexibility index (Phi) is 5.74. The van der Waals surface area contributed by atoms with Crippen LogP contribution < -0.4 is 5.32 Å². The second-order valence-electron chi connectivity index (χ2n) is 7.15. The number of ether oxygens (including phenoxy) is 1. The van der Waals surface area contributed by atoms with Crippen LogP contribution in [0.4, 0.5) is 5.69 Å². The van der Waals surface area contributed by atoms with E-state index in [-0.39, 0.29) is 23.5 Å². The molecule has 2 aliphatic heterocycles. The number of aryl methyl sites for hydroxylation is 1. The zero-order valence-electron chi connectivity index (χ0n) is 15.9. The third kappa shape index (κ3) is 4.35. The lowest BCUT2D eigenvalue weighted by atomic mass is 10.0. The standard InChI is InChI=1S/C19H24N2O6S/c1-3-21(15-8-9-28(25,26)11-15)18(23)12(2)27-19(24)14-4-6-16-13(10-14)5-7-17(22)20-16/h4,6,10,12,15H,3,5,7-9,11H2,1-2H3,(H,20,22). The number of nitrogens with one attached hydrogen (secondary N) is 1. The quantitative estimate of drug-likeness (QED) is 0.732. The van der Waals surface area contributed by atoms with Gasteiger partial charge in [-0.15, -0.1) is 0 Å². The molecule has 1 saturated heterocycles. The summed E-state index contributed by atoms with van der Waals surface area (Å²) in [6.07, 6.45) is 0.276. The van der Waals surface area contributed by atoms with Crippen LogP contribution in [0.15, 0.2) is 18.2 Å². The van der Waals surface area contributed by atoms with Crippen LogP contribution in [0.5, 0.6) is 0 Å². The number of carbonyl (C=O) groups is 3. The molecule has 0 saturated carbocycles. The lowest BCUT2D eigenvalue weighted by Crippen LogP contribution is -2.46. The number of esters is 1. The Hall–Kier alpha value is -2.42. The average Bonchev–Trinajstić information content (AvgIpc) is 3.01. The summed E-state index contributed by atoms with van der Waals surface area (Å²) >= 11 is 0. The van der Waals surface area contributed by atoms with Gasteiger partial charge in [-0.25, -0.2) is 13.2 Å². The maximum absolute atomic E-state index is 12.7. The van der Waals surface area contributed by atoms with Crippen LogP contribution >= 0.6 is 0 Å². The van der Waals surface area contributed by atoms with E-state index in [1.165, 1.54) is 11.8 Å². The number of likely N-dealkylation sites (N-methyl/N-ethyl adjacent to an activating group) is 1. The van der Waals surface area contributed by atoms with E-state index < -0.39 is 27.8 Å². The van der Waals surface area contributed by atoms with Crippen molar-refractivity contribution in [2.75, 3.05) is 23.4 Å². The molecular formula is C19H24N2O6S. The van der Waals surface area contributed by atoms with Crippen LogP contribution in [-0.2, 0) is 30.6 Å². The number of carbonyl (C=O) groups excluding carboxylic acids is 3. The maximum atomic E-state index is 12.7. The largest absolute Gasteiger partial charge is 0.449 e. The molecule has 2 atom stereocenters. The molecule has 8 nitrogen and oxygen atoms in total. The van der Waals surface area contributed by atoms with Crippen molar-refractivity contribution in [1.29, 1.82) is 0 Å². The van der Waals surface area contributed by atoms with Crippen LogP contribution in [0.1, 0.15) is 42.6 Å². The van der Waals surface area contributed by atoms with Crippen molar-refractivity contribution in [3.05, 3.63) is 29.3 Å². The summed E-state index contributed by atoms with van der Waals surface area (Å²) in [6, 6.07) is 4.48. The Balaban J connectivity index is 1.66. The van der Waals surface area contributed by atoms with Gasteiger partial charge in [-0.1, -0.05) is 0 Å². The van der Waals surface area contributed by atoms with E-state index in [2.05, 4.69) is 5.32 Å². The number of anilines is 1.